The largest absolute Gasteiger partial charge is 0.528 e. The van der Waals surface area contributed by atoms with Crippen molar-refractivity contribution in [3.05, 3.63) is 11.8 Å². The van der Waals surface area contributed by atoms with Crippen molar-refractivity contribution < 1.29 is 27.7 Å². The number of phosphoric acid groups is 1. The topological polar surface area (TPSA) is 71.1 Å². The highest BCUT2D eigenvalue weighted by Crippen LogP contribution is 2.47. The van der Waals surface area contributed by atoms with Gasteiger partial charge in [-0.15, -0.1) is 0 Å². The molecule has 82 valence electrons. The van der Waals surface area contributed by atoms with Crippen molar-refractivity contribution >= 4 is 13.8 Å². The molecule has 0 rings (SSSR count). The zero-order chi connectivity index (χ0) is 11.2. The van der Waals surface area contributed by atoms with Crippen LogP contribution in [0.5, 0.6) is 0 Å². The maximum atomic E-state index is 11.3. The van der Waals surface area contributed by atoms with Gasteiger partial charge in [-0.25, -0.2) is 9.36 Å². The highest BCUT2D eigenvalue weighted by atomic mass is 31.2. The number of ether oxygens (including phenoxy) is 1. The summed E-state index contributed by atoms with van der Waals surface area (Å²) in [6.07, 6.45) is 0.972. The molecule has 0 atom stereocenters. The minimum absolute atomic E-state index is 0.154. The quantitative estimate of drug-likeness (QED) is 0.305. The van der Waals surface area contributed by atoms with Crippen LogP contribution in [0.25, 0.3) is 0 Å². The summed E-state index contributed by atoms with van der Waals surface area (Å²) < 4.78 is 29.3. The van der Waals surface area contributed by atoms with Crippen LogP contribution < -0.4 is 0 Å². The van der Waals surface area contributed by atoms with Gasteiger partial charge in [0, 0.05) is 14.2 Å². The zero-order valence-corrected chi connectivity index (χ0v) is 9.37. The van der Waals surface area contributed by atoms with Crippen LogP contribution in [0.15, 0.2) is 11.8 Å². The first-order valence-corrected chi connectivity index (χ1v) is 5.10. The summed E-state index contributed by atoms with van der Waals surface area (Å²) in [4.78, 5) is 10.9. The van der Waals surface area contributed by atoms with Crippen molar-refractivity contribution in [1.82, 2.24) is 0 Å². The van der Waals surface area contributed by atoms with Crippen LogP contribution in [-0.2, 0) is 27.7 Å². The standard InChI is InChI=1S/C7H13O6P/c1-6(7(8)10-2)5-13-14(9,11-3)12-4/h5H,1-4H3/b6-5-. The Kier molecular flexibility index (Phi) is 5.45. The van der Waals surface area contributed by atoms with E-state index in [1.807, 2.05) is 0 Å². The third-order valence-corrected chi connectivity index (χ3v) is 2.57. The van der Waals surface area contributed by atoms with Crippen molar-refractivity contribution in [3.63, 3.8) is 0 Å². The molecule has 6 nitrogen and oxygen atoms in total. The van der Waals surface area contributed by atoms with E-state index in [-0.39, 0.29) is 5.57 Å². The van der Waals surface area contributed by atoms with E-state index in [2.05, 4.69) is 18.3 Å². The lowest BCUT2D eigenvalue weighted by Gasteiger charge is -2.11. The van der Waals surface area contributed by atoms with E-state index < -0.39 is 13.8 Å². The Morgan fingerprint density at radius 2 is 1.71 bits per heavy atom. The average molecular weight is 224 g/mol. The van der Waals surface area contributed by atoms with Gasteiger partial charge in [0.05, 0.1) is 12.7 Å². The molecule has 0 spiro atoms. The van der Waals surface area contributed by atoms with Gasteiger partial charge < -0.3 is 9.26 Å². The molecule has 0 aliphatic rings. The van der Waals surface area contributed by atoms with Crippen LogP contribution in [-0.4, -0.2) is 27.3 Å². The number of esters is 1. The summed E-state index contributed by atoms with van der Waals surface area (Å²) in [6.45, 7) is 1.45. The maximum Gasteiger partial charge on any atom is 0.528 e. The molecule has 0 unspecified atom stereocenters. The van der Waals surface area contributed by atoms with E-state index in [0.29, 0.717) is 0 Å². The fraction of sp³-hybridized carbons (Fsp3) is 0.571. The minimum Gasteiger partial charge on any atom is -0.466 e. The lowest BCUT2D eigenvalue weighted by Crippen LogP contribution is -2.02. The molecule has 0 aromatic heterocycles. The first-order valence-electron chi connectivity index (χ1n) is 3.64. The summed E-state index contributed by atoms with van der Waals surface area (Å²) in [5, 5.41) is 0. The molecule has 14 heavy (non-hydrogen) atoms. The minimum atomic E-state index is -3.57. The van der Waals surface area contributed by atoms with Crippen LogP contribution >= 0.6 is 7.82 Å². The van der Waals surface area contributed by atoms with Crippen molar-refractivity contribution in [2.45, 2.75) is 6.92 Å². The van der Waals surface area contributed by atoms with Crippen LogP contribution in [0.2, 0.25) is 0 Å². The van der Waals surface area contributed by atoms with Crippen LogP contribution in [0.3, 0.4) is 0 Å². The molecule has 7 heteroatoms. The van der Waals surface area contributed by atoms with Gasteiger partial charge in [-0.1, -0.05) is 0 Å². The Hall–Kier alpha value is -0.840. The molecule has 0 saturated heterocycles. The molecule has 0 fully saturated rings. The molecule has 0 saturated carbocycles. The molecular weight excluding hydrogens is 211 g/mol. The Morgan fingerprint density at radius 3 is 2.07 bits per heavy atom. The third kappa shape index (κ3) is 3.91. The van der Waals surface area contributed by atoms with Gasteiger partial charge >= 0.3 is 13.8 Å². The Bertz CT molecular complexity index is 263. The molecule has 0 aliphatic carbocycles. The van der Waals surface area contributed by atoms with Gasteiger partial charge in [0.2, 0.25) is 0 Å². The number of rotatable bonds is 5. The SMILES string of the molecule is COC(=O)/C(C)=C\OP(=O)(OC)OC. The summed E-state index contributed by atoms with van der Waals surface area (Å²) in [5.74, 6) is -0.580. The zero-order valence-electron chi connectivity index (χ0n) is 8.47. The van der Waals surface area contributed by atoms with E-state index in [0.717, 1.165) is 6.26 Å². The second kappa shape index (κ2) is 5.80. The lowest BCUT2D eigenvalue weighted by molar-refractivity contribution is -0.136. The molecule has 0 N–H and O–H groups in total. The normalized spacial score (nSPS) is 12.4. The number of hydrogen-bond donors (Lipinski definition) is 0. The van der Waals surface area contributed by atoms with Gasteiger partial charge in [0.25, 0.3) is 0 Å². The number of phosphoric ester groups is 1. The summed E-state index contributed by atoms with van der Waals surface area (Å²) in [5.41, 5.74) is 0.154. The number of hydrogen-bond acceptors (Lipinski definition) is 6. The average Bonchev–Trinajstić information content (AvgIpc) is 2.24. The molecule has 0 amide bonds. The van der Waals surface area contributed by atoms with Gasteiger partial charge in [-0.3, -0.25) is 9.05 Å². The highest BCUT2D eigenvalue weighted by molar-refractivity contribution is 7.48. The van der Waals surface area contributed by atoms with Gasteiger partial charge in [0.1, 0.15) is 6.26 Å². The van der Waals surface area contributed by atoms with Gasteiger partial charge in [0.15, 0.2) is 0 Å². The third-order valence-electron chi connectivity index (χ3n) is 1.31. The second-order valence-corrected chi connectivity index (χ2v) is 4.05. The lowest BCUT2D eigenvalue weighted by atomic mass is 10.3. The second-order valence-electron chi connectivity index (χ2n) is 2.21. The molecule has 0 aliphatic heterocycles. The predicted molar refractivity (Wildman–Crippen MR) is 48.5 cm³/mol. The molecule has 0 radical (unpaired) electrons. The molecule has 0 aromatic carbocycles. The van der Waals surface area contributed by atoms with E-state index >= 15 is 0 Å². The summed E-state index contributed by atoms with van der Waals surface area (Å²) in [7, 11) is 0.00314. The predicted octanol–water partition coefficient (Wildman–Crippen LogP) is 1.48. The Morgan fingerprint density at radius 1 is 1.21 bits per heavy atom. The van der Waals surface area contributed by atoms with Crippen LogP contribution in [0.4, 0.5) is 0 Å². The van der Waals surface area contributed by atoms with Crippen molar-refractivity contribution in [1.29, 1.82) is 0 Å². The fourth-order valence-corrected chi connectivity index (χ4v) is 1.12. The number of carbonyl (C=O) groups is 1. The van der Waals surface area contributed by atoms with Crippen molar-refractivity contribution in [2.75, 3.05) is 21.3 Å². The van der Waals surface area contributed by atoms with Gasteiger partial charge in [-0.05, 0) is 6.92 Å². The van der Waals surface area contributed by atoms with Crippen LogP contribution in [0, 0.1) is 0 Å². The Balaban J connectivity index is 4.41. The first kappa shape index (κ1) is 13.2. The molecule has 0 heterocycles. The highest BCUT2D eigenvalue weighted by Gasteiger charge is 2.22. The first-order chi connectivity index (χ1) is 6.49. The fourth-order valence-electron chi connectivity index (χ4n) is 0.513. The van der Waals surface area contributed by atoms with E-state index in [4.69, 9.17) is 0 Å². The number of carbonyl (C=O) groups excluding carboxylic acids is 1. The van der Waals surface area contributed by atoms with Crippen LogP contribution in [0.1, 0.15) is 6.92 Å². The molecule has 0 bridgehead atoms. The molecular formula is C7H13O6P. The van der Waals surface area contributed by atoms with Crippen molar-refractivity contribution in [3.8, 4) is 0 Å². The summed E-state index contributed by atoms with van der Waals surface area (Å²) in [6, 6.07) is 0. The van der Waals surface area contributed by atoms with E-state index in [1.165, 1.54) is 28.3 Å². The monoisotopic (exact) mass is 224 g/mol. The summed E-state index contributed by atoms with van der Waals surface area (Å²) >= 11 is 0. The maximum absolute atomic E-state index is 11.3. The van der Waals surface area contributed by atoms with E-state index in [9.17, 15) is 9.36 Å². The molecule has 0 aromatic rings. The van der Waals surface area contributed by atoms with Gasteiger partial charge in [-0.2, -0.15) is 0 Å². The number of methoxy groups -OCH3 is 1. The van der Waals surface area contributed by atoms with E-state index in [1.54, 1.807) is 0 Å². The Labute approximate surface area is 82.4 Å². The van der Waals surface area contributed by atoms with Crippen molar-refractivity contribution in [2.24, 2.45) is 0 Å². The smallest absolute Gasteiger partial charge is 0.466 e.